The van der Waals surface area contributed by atoms with Gasteiger partial charge in [-0.2, -0.15) is 4.72 Å². The van der Waals surface area contributed by atoms with Crippen LogP contribution in [0.4, 0.5) is 0 Å². The van der Waals surface area contributed by atoms with Crippen LogP contribution in [0.15, 0.2) is 29.7 Å². The van der Waals surface area contributed by atoms with Gasteiger partial charge in [-0.15, -0.1) is 11.3 Å². The van der Waals surface area contributed by atoms with Gasteiger partial charge in [-0.25, -0.2) is 8.42 Å². The minimum absolute atomic E-state index is 0.00298. The van der Waals surface area contributed by atoms with Crippen molar-refractivity contribution in [2.45, 2.75) is 44.2 Å². The van der Waals surface area contributed by atoms with Crippen molar-refractivity contribution in [3.05, 3.63) is 38.9 Å². The quantitative estimate of drug-likeness (QED) is 0.526. The van der Waals surface area contributed by atoms with Crippen LogP contribution in [0.5, 0.6) is 0 Å². The van der Waals surface area contributed by atoms with E-state index in [9.17, 15) is 18.0 Å². The maximum Gasteiger partial charge on any atom is 0.242 e. The van der Waals surface area contributed by atoms with Crippen LogP contribution in [0.3, 0.4) is 0 Å². The topological polar surface area (TPSA) is 90.0 Å². The van der Waals surface area contributed by atoms with E-state index in [0.717, 1.165) is 44.3 Å². The lowest BCUT2D eigenvalue weighted by Gasteiger charge is -2.35. The molecule has 3 aliphatic heterocycles. The molecule has 2 amide bonds. The van der Waals surface area contributed by atoms with Gasteiger partial charge in [0.2, 0.25) is 21.8 Å². The molecule has 2 saturated heterocycles. The van der Waals surface area contributed by atoms with Crippen molar-refractivity contribution in [3.8, 4) is 0 Å². The van der Waals surface area contributed by atoms with Crippen LogP contribution in [-0.4, -0.2) is 86.3 Å². The third kappa shape index (κ3) is 6.69. The molecule has 1 N–H and O–H groups in total. The third-order valence-electron chi connectivity index (χ3n) is 6.48. The average Bonchev–Trinajstić information content (AvgIpc) is 3.44. The van der Waals surface area contributed by atoms with Crippen LogP contribution < -0.4 is 4.72 Å². The van der Waals surface area contributed by atoms with E-state index < -0.39 is 16.1 Å². The van der Waals surface area contributed by atoms with Crippen LogP contribution in [-0.2, 0) is 19.6 Å². The van der Waals surface area contributed by atoms with E-state index in [1.165, 1.54) is 22.3 Å². The molecule has 4 rings (SSSR count). The molecule has 0 spiro atoms. The van der Waals surface area contributed by atoms with Crippen LogP contribution in [0.1, 0.15) is 37.0 Å². The molecule has 2 atom stereocenters. The first-order valence-electron chi connectivity index (χ1n) is 11.7. The van der Waals surface area contributed by atoms with Gasteiger partial charge in [-0.3, -0.25) is 14.5 Å². The molecule has 0 unspecified atom stereocenters. The molecule has 0 bridgehead atoms. The fourth-order valence-electron chi connectivity index (χ4n) is 4.78. The van der Waals surface area contributed by atoms with Gasteiger partial charge in [0.25, 0.3) is 0 Å². The van der Waals surface area contributed by atoms with Crippen molar-refractivity contribution in [2.75, 3.05) is 39.3 Å². The number of nitrogens with one attached hydrogen (secondary N) is 1. The van der Waals surface area contributed by atoms with Crippen LogP contribution in [0.2, 0.25) is 4.34 Å². The zero-order valence-corrected chi connectivity index (χ0v) is 21.5. The lowest BCUT2D eigenvalue weighted by Crippen LogP contribution is -2.55. The highest BCUT2D eigenvalue weighted by Gasteiger charge is 2.35. The van der Waals surface area contributed by atoms with E-state index in [-0.39, 0.29) is 24.4 Å². The highest BCUT2D eigenvalue weighted by Crippen LogP contribution is 2.23. The second kappa shape index (κ2) is 11.3. The summed E-state index contributed by atoms with van der Waals surface area (Å²) >= 11 is 7.15. The second-order valence-electron chi connectivity index (χ2n) is 8.96. The monoisotopic (exact) mass is 526 g/mol. The van der Waals surface area contributed by atoms with Crippen molar-refractivity contribution in [2.24, 2.45) is 0 Å². The number of amides is 2. The fraction of sp³-hybridized carbons (Fsp3) is 0.565. The van der Waals surface area contributed by atoms with Gasteiger partial charge >= 0.3 is 0 Å². The first-order valence-corrected chi connectivity index (χ1v) is 14.5. The predicted molar refractivity (Wildman–Crippen MR) is 135 cm³/mol. The van der Waals surface area contributed by atoms with E-state index in [1.807, 2.05) is 4.90 Å². The molecule has 186 valence electrons. The summed E-state index contributed by atoms with van der Waals surface area (Å²) in [6.07, 6.45) is 9.85. The Kier molecular flexibility index (Phi) is 8.47. The molecular weight excluding hydrogens is 496 g/mol. The number of likely N-dealkylation sites (tertiary alicyclic amines) is 2. The molecule has 2 fully saturated rings. The van der Waals surface area contributed by atoms with Gasteiger partial charge in [0.15, 0.2) is 0 Å². The van der Waals surface area contributed by atoms with Crippen molar-refractivity contribution in [3.63, 3.8) is 0 Å². The molecular formula is C23H31ClN4O4S2. The molecule has 0 aliphatic carbocycles. The number of halogens is 1. The van der Waals surface area contributed by atoms with Crippen molar-refractivity contribution in [1.82, 2.24) is 19.4 Å². The van der Waals surface area contributed by atoms with Gasteiger partial charge in [0, 0.05) is 49.1 Å². The standard InChI is InChI=1S/C23H31ClN4O4S2/c24-21-9-8-19(33-21)10-15-34(31,32)25-20-7-5-13-27(23(20)30)17-22(29)28-14-4-6-18(28)16-26-11-2-1-3-12-26/h1-2,8-10,15,18,20,25H,3-7,11-14,16-17H2/b15-10+/t18-,20-/m0/s1. The third-order valence-corrected chi connectivity index (χ3v) is 8.78. The van der Waals surface area contributed by atoms with Gasteiger partial charge in [0.1, 0.15) is 6.04 Å². The van der Waals surface area contributed by atoms with E-state index in [4.69, 9.17) is 11.6 Å². The van der Waals surface area contributed by atoms with Gasteiger partial charge < -0.3 is 9.80 Å². The number of piperidine rings is 1. The summed E-state index contributed by atoms with van der Waals surface area (Å²) in [7, 11) is -3.82. The molecule has 3 aliphatic rings. The average molecular weight is 527 g/mol. The number of nitrogens with zero attached hydrogens (tertiary/aromatic N) is 3. The lowest BCUT2D eigenvalue weighted by molar-refractivity contribution is -0.143. The van der Waals surface area contributed by atoms with Crippen LogP contribution in [0.25, 0.3) is 6.08 Å². The van der Waals surface area contributed by atoms with E-state index in [2.05, 4.69) is 21.8 Å². The summed E-state index contributed by atoms with van der Waals surface area (Å²) < 4.78 is 28.1. The second-order valence-corrected chi connectivity index (χ2v) is 12.3. The zero-order valence-electron chi connectivity index (χ0n) is 19.1. The summed E-state index contributed by atoms with van der Waals surface area (Å²) in [5.41, 5.74) is 0. The van der Waals surface area contributed by atoms with Gasteiger partial charge in [-0.1, -0.05) is 23.8 Å². The molecule has 1 aromatic heterocycles. The Balaban J connectivity index is 1.32. The Labute approximate surface area is 210 Å². The summed E-state index contributed by atoms with van der Waals surface area (Å²) in [4.78, 5) is 32.6. The van der Waals surface area contributed by atoms with E-state index in [1.54, 1.807) is 12.1 Å². The predicted octanol–water partition coefficient (Wildman–Crippen LogP) is 2.54. The molecule has 0 aromatic carbocycles. The molecule has 4 heterocycles. The maximum absolute atomic E-state index is 13.1. The van der Waals surface area contributed by atoms with Crippen molar-refractivity contribution in [1.29, 1.82) is 0 Å². The lowest BCUT2D eigenvalue weighted by atomic mass is 10.1. The first-order chi connectivity index (χ1) is 16.3. The smallest absolute Gasteiger partial charge is 0.242 e. The highest BCUT2D eigenvalue weighted by molar-refractivity contribution is 7.92. The molecule has 11 heteroatoms. The fourth-order valence-corrected chi connectivity index (χ4v) is 6.85. The van der Waals surface area contributed by atoms with Crippen LogP contribution >= 0.6 is 22.9 Å². The highest BCUT2D eigenvalue weighted by atomic mass is 35.5. The SMILES string of the molecule is O=C1[C@@H](NS(=O)(=O)/C=C/c2ccc(Cl)s2)CCCN1CC(=O)N1CCC[C@H]1CN1CC=CCC1. The van der Waals surface area contributed by atoms with Gasteiger partial charge in [0.05, 0.1) is 10.9 Å². The van der Waals surface area contributed by atoms with Crippen molar-refractivity contribution >= 4 is 50.9 Å². The van der Waals surface area contributed by atoms with Crippen molar-refractivity contribution < 1.29 is 18.0 Å². The summed E-state index contributed by atoms with van der Waals surface area (Å²) in [6.45, 7) is 3.95. The van der Waals surface area contributed by atoms with E-state index in [0.29, 0.717) is 35.1 Å². The maximum atomic E-state index is 13.1. The number of sulfonamides is 1. The Morgan fingerprint density at radius 2 is 2.00 bits per heavy atom. The molecule has 0 radical (unpaired) electrons. The Hall–Kier alpha value is -1.72. The molecule has 8 nitrogen and oxygen atoms in total. The molecule has 0 saturated carbocycles. The van der Waals surface area contributed by atoms with E-state index >= 15 is 0 Å². The number of carbonyl (C=O) groups is 2. The Bertz CT molecular complexity index is 1060. The number of rotatable bonds is 8. The number of carbonyl (C=O) groups excluding carboxylic acids is 2. The summed E-state index contributed by atoms with van der Waals surface area (Å²) in [6, 6.07) is 2.73. The first kappa shape index (κ1) is 25.4. The Morgan fingerprint density at radius 3 is 2.74 bits per heavy atom. The minimum Gasteiger partial charge on any atom is -0.337 e. The normalized spacial score (nSPS) is 24.4. The Morgan fingerprint density at radius 1 is 1.18 bits per heavy atom. The number of hydrogen-bond acceptors (Lipinski definition) is 6. The zero-order chi connectivity index (χ0) is 24.1. The summed E-state index contributed by atoms with van der Waals surface area (Å²) in [5.74, 6) is -0.394. The van der Waals surface area contributed by atoms with Crippen LogP contribution in [0, 0.1) is 0 Å². The summed E-state index contributed by atoms with van der Waals surface area (Å²) in [5, 5.41) is 1.05. The number of hydrogen-bond donors (Lipinski definition) is 1. The minimum atomic E-state index is -3.82. The molecule has 1 aromatic rings. The number of thiophene rings is 1. The molecule has 34 heavy (non-hydrogen) atoms. The van der Waals surface area contributed by atoms with Gasteiger partial charge in [-0.05, 0) is 50.3 Å². The largest absolute Gasteiger partial charge is 0.337 e.